The lowest BCUT2D eigenvalue weighted by atomic mass is 9.91. The number of rotatable bonds is 7. The van der Waals surface area contributed by atoms with Crippen LogP contribution in [0.5, 0.6) is 0 Å². The molecular weight excluding hydrogens is 588 g/mol. The molecule has 1 amide bonds. The Morgan fingerprint density at radius 1 is 1.07 bits per heavy atom. The maximum Gasteiger partial charge on any atom is 0.296 e. The van der Waals surface area contributed by atoms with Crippen LogP contribution in [0.25, 0.3) is 5.69 Å². The fourth-order valence-electron chi connectivity index (χ4n) is 4.08. The van der Waals surface area contributed by atoms with Crippen molar-refractivity contribution in [2.75, 3.05) is 10.3 Å². The second-order valence-corrected chi connectivity index (χ2v) is 13.0. The Kier molecular flexibility index (Phi) is 8.02. The van der Waals surface area contributed by atoms with Gasteiger partial charge < -0.3 is 5.32 Å². The summed E-state index contributed by atoms with van der Waals surface area (Å²) in [5, 5.41) is 30.7. The first kappa shape index (κ1) is 30.5. The van der Waals surface area contributed by atoms with Crippen LogP contribution in [0.2, 0.25) is 0 Å². The normalized spacial score (nSPS) is 17.5. The fraction of sp³-hybridized carbons (Fsp3) is 0.280. The smallest absolute Gasteiger partial charge is 0.296 e. The van der Waals surface area contributed by atoms with Gasteiger partial charge in [0.25, 0.3) is 20.2 Å². The van der Waals surface area contributed by atoms with E-state index >= 15 is 0 Å². The fourth-order valence-corrected chi connectivity index (χ4v) is 5.24. The topological polar surface area (TPSA) is 220 Å². The molecule has 1 aliphatic heterocycles. The predicted octanol–water partition coefficient (Wildman–Crippen LogP) is 3.68. The quantitative estimate of drug-likeness (QED) is 0.259. The molecule has 2 unspecified atom stereocenters. The zero-order valence-electron chi connectivity index (χ0n) is 22.7. The molecule has 220 valence electrons. The van der Waals surface area contributed by atoms with Crippen molar-refractivity contribution in [1.29, 1.82) is 5.26 Å². The third-order valence-electron chi connectivity index (χ3n) is 5.97. The summed E-state index contributed by atoms with van der Waals surface area (Å²) >= 11 is 0. The van der Waals surface area contributed by atoms with Gasteiger partial charge in [0, 0.05) is 18.6 Å². The van der Waals surface area contributed by atoms with Crippen molar-refractivity contribution in [2.45, 2.75) is 49.1 Å². The van der Waals surface area contributed by atoms with Crippen LogP contribution in [0.4, 0.5) is 17.2 Å². The molecule has 2 atom stereocenters. The Morgan fingerprint density at radius 2 is 1.74 bits per heavy atom. The average Bonchev–Trinajstić information content (AvgIpc) is 3.47. The average molecular weight is 615 g/mol. The van der Waals surface area contributed by atoms with E-state index in [-0.39, 0.29) is 11.5 Å². The van der Waals surface area contributed by atoms with E-state index in [4.69, 9.17) is 0 Å². The van der Waals surface area contributed by atoms with Crippen molar-refractivity contribution in [1.82, 2.24) is 9.78 Å². The molecule has 0 saturated heterocycles. The van der Waals surface area contributed by atoms with Gasteiger partial charge in [-0.1, -0.05) is 39.0 Å². The van der Waals surface area contributed by atoms with E-state index in [1.807, 2.05) is 32.9 Å². The highest BCUT2D eigenvalue weighted by molar-refractivity contribution is 7.86. The van der Waals surface area contributed by atoms with E-state index in [1.165, 1.54) is 11.6 Å². The summed E-state index contributed by atoms with van der Waals surface area (Å²) in [5.41, 5.74) is 0.0679. The van der Waals surface area contributed by atoms with Crippen LogP contribution in [0.3, 0.4) is 0 Å². The molecule has 3 aromatic rings. The van der Waals surface area contributed by atoms with Gasteiger partial charge in [-0.25, -0.2) is 9.69 Å². The van der Waals surface area contributed by atoms with Crippen LogP contribution < -0.4 is 10.3 Å². The summed E-state index contributed by atoms with van der Waals surface area (Å²) in [4.78, 5) is 10.8. The number of hydrogen-bond donors (Lipinski definition) is 3. The second-order valence-electron chi connectivity index (χ2n) is 10.2. The first-order chi connectivity index (χ1) is 19.5. The van der Waals surface area contributed by atoms with Crippen molar-refractivity contribution in [3.8, 4) is 11.8 Å². The van der Waals surface area contributed by atoms with Gasteiger partial charge in [0.05, 0.1) is 28.0 Å². The second kappa shape index (κ2) is 11.1. The van der Waals surface area contributed by atoms with Crippen LogP contribution in [-0.2, 0) is 30.4 Å². The number of carbonyl (C=O) groups is 1. The monoisotopic (exact) mass is 614 g/mol. The van der Waals surface area contributed by atoms with E-state index in [1.54, 1.807) is 24.3 Å². The summed E-state index contributed by atoms with van der Waals surface area (Å²) in [6, 6.07) is 13.2. The highest BCUT2D eigenvalue weighted by atomic mass is 32.2. The van der Waals surface area contributed by atoms with Gasteiger partial charge in [0.1, 0.15) is 10.8 Å². The van der Waals surface area contributed by atoms with Crippen LogP contribution in [-0.4, -0.2) is 54.0 Å². The molecular formula is C25H26N8O7S2. The van der Waals surface area contributed by atoms with Gasteiger partial charge in [0.15, 0.2) is 17.7 Å². The van der Waals surface area contributed by atoms with E-state index < -0.39 is 59.1 Å². The number of aromatic nitrogens is 2. The minimum absolute atomic E-state index is 0.145. The molecule has 42 heavy (non-hydrogen) atoms. The number of carbonyl (C=O) groups excluding carboxylic acids is 1. The molecule has 2 heterocycles. The summed E-state index contributed by atoms with van der Waals surface area (Å²) < 4.78 is 68.7. The van der Waals surface area contributed by atoms with Crippen LogP contribution in [0, 0.1) is 17.2 Å². The molecule has 0 aliphatic carbocycles. The molecule has 1 aliphatic rings. The van der Waals surface area contributed by atoms with Gasteiger partial charge in [-0.2, -0.15) is 37.4 Å². The molecule has 4 rings (SSSR count). The molecule has 17 heteroatoms. The minimum atomic E-state index is -4.93. The van der Waals surface area contributed by atoms with Gasteiger partial charge in [-0.3, -0.25) is 13.9 Å². The number of benzene rings is 2. The standard InChI is InChI=1S/C25H26N8O7S2/c1-15(34)28-24-21(22(25(2,3)4)31-32(24)17-8-6-5-7-9-17)29-30-23-16(13-26)14-27-33(23)19-12-18(41(35,36)37)10-11-20(19)42(38,39)40/h5-12,14,16,23H,1-4H3,(H,28,34)(H,35,36,37)(H,38,39,40). The lowest BCUT2D eigenvalue weighted by Gasteiger charge is -2.23. The molecule has 0 bridgehead atoms. The number of amides is 1. The van der Waals surface area contributed by atoms with E-state index in [0.717, 1.165) is 29.4 Å². The maximum atomic E-state index is 12.2. The van der Waals surface area contributed by atoms with Crippen LogP contribution in [0.1, 0.15) is 33.4 Å². The zero-order valence-corrected chi connectivity index (χ0v) is 24.4. The number of nitrogens with one attached hydrogen (secondary N) is 1. The number of azo groups is 1. The largest absolute Gasteiger partial charge is 0.309 e. The highest BCUT2D eigenvalue weighted by Crippen LogP contribution is 2.40. The van der Waals surface area contributed by atoms with Crippen molar-refractivity contribution in [3.05, 3.63) is 54.2 Å². The molecule has 0 fully saturated rings. The minimum Gasteiger partial charge on any atom is -0.309 e. The van der Waals surface area contributed by atoms with Gasteiger partial charge >= 0.3 is 0 Å². The number of nitrogens with zero attached hydrogens (tertiary/aromatic N) is 7. The van der Waals surface area contributed by atoms with E-state index in [9.17, 15) is 36.0 Å². The van der Waals surface area contributed by atoms with Crippen molar-refractivity contribution < 1.29 is 30.7 Å². The van der Waals surface area contributed by atoms with E-state index in [0.29, 0.717) is 11.4 Å². The molecule has 0 saturated carbocycles. The molecule has 1 aromatic heterocycles. The Hall–Kier alpha value is -4.50. The first-order valence-corrected chi connectivity index (χ1v) is 15.1. The lowest BCUT2D eigenvalue weighted by molar-refractivity contribution is -0.114. The molecule has 3 N–H and O–H groups in total. The van der Waals surface area contributed by atoms with Crippen molar-refractivity contribution in [3.63, 3.8) is 0 Å². The third kappa shape index (κ3) is 6.21. The van der Waals surface area contributed by atoms with Gasteiger partial charge in [-0.05, 0) is 30.3 Å². The van der Waals surface area contributed by atoms with Gasteiger partial charge in [-0.15, -0.1) is 5.11 Å². The number of hydrazone groups is 1. The van der Waals surface area contributed by atoms with Gasteiger partial charge in [0.2, 0.25) is 5.91 Å². The van der Waals surface area contributed by atoms with E-state index in [2.05, 4.69) is 25.7 Å². The molecule has 0 radical (unpaired) electrons. The van der Waals surface area contributed by atoms with Crippen LogP contribution >= 0.6 is 0 Å². The third-order valence-corrected chi connectivity index (χ3v) is 7.72. The Morgan fingerprint density at radius 3 is 2.29 bits per heavy atom. The predicted molar refractivity (Wildman–Crippen MR) is 151 cm³/mol. The summed E-state index contributed by atoms with van der Waals surface area (Å²) in [6.07, 6.45) is -0.213. The van der Waals surface area contributed by atoms with Crippen molar-refractivity contribution in [2.24, 2.45) is 21.2 Å². The highest BCUT2D eigenvalue weighted by Gasteiger charge is 2.37. The maximum absolute atomic E-state index is 12.2. The lowest BCUT2D eigenvalue weighted by Crippen LogP contribution is -2.30. The number of hydrogen-bond acceptors (Lipinski definition) is 11. The van der Waals surface area contributed by atoms with Crippen LogP contribution in [0.15, 0.2) is 73.7 Å². The summed E-state index contributed by atoms with van der Waals surface area (Å²) in [6.45, 7) is 6.90. The molecule has 2 aromatic carbocycles. The summed E-state index contributed by atoms with van der Waals surface area (Å²) in [5.74, 6) is -1.36. The number of para-hydroxylation sites is 1. The Bertz CT molecular complexity index is 1860. The number of nitriles is 1. The molecule has 0 spiro atoms. The van der Waals surface area contributed by atoms with Crippen molar-refractivity contribution >= 4 is 49.6 Å². The Balaban J connectivity index is 1.92. The first-order valence-electron chi connectivity index (χ1n) is 12.2. The zero-order chi connectivity index (χ0) is 31.0. The summed E-state index contributed by atoms with van der Waals surface area (Å²) in [7, 11) is -9.73. The SMILES string of the molecule is CC(=O)Nc1c(N=NC2C(C#N)C=NN2c2cc(S(=O)(=O)O)ccc2S(=O)(=O)O)c(C(C)(C)C)nn1-c1ccccc1. The Labute approximate surface area is 241 Å². The number of anilines is 2. The molecule has 15 nitrogen and oxygen atoms in total.